The minimum Gasteiger partial charge on any atom is -0.507 e. The molecule has 260 valence electrons. The van der Waals surface area contributed by atoms with Crippen molar-refractivity contribution in [3.63, 3.8) is 0 Å². The molecule has 5 rings (SSSR count). The van der Waals surface area contributed by atoms with Crippen LogP contribution in [0.1, 0.15) is 54.6 Å². The van der Waals surface area contributed by atoms with Crippen molar-refractivity contribution in [3.05, 3.63) is 88.6 Å². The standard InChI is InChI=1S/C37H44N10O3/c1-4-47(32-12-10-30(39)35(44-32)34(40)27-9-11-31(48)29(19-27)23(2)38)37(50)28-13-16-45(20-28)21-33(49)46-17-14-25(15-18-46)24-5-7-26(8-6-24)36(41)43-22-42-3/h5-12,14,19,22,28,38,40,48H,4,13,15-18,20-21,39H2,1-3H3,(H2,41,42,43)/t28-/m1/s1. The molecule has 0 radical (unpaired) electrons. The Hall–Kier alpha value is -5.69. The summed E-state index contributed by atoms with van der Waals surface area (Å²) in [7, 11) is 1.73. The minimum absolute atomic E-state index is 0.0193. The van der Waals surface area contributed by atoms with Crippen LogP contribution in [0.3, 0.4) is 0 Å². The maximum atomic E-state index is 13.8. The van der Waals surface area contributed by atoms with Gasteiger partial charge in [0.05, 0.1) is 30.2 Å². The largest absolute Gasteiger partial charge is 0.507 e. The number of hydrogen-bond donors (Lipinski definition) is 6. The topological polar surface area (TPSA) is 199 Å². The Balaban J connectivity index is 1.18. The van der Waals surface area contributed by atoms with Crippen LogP contribution in [0.15, 0.2) is 65.7 Å². The lowest BCUT2D eigenvalue weighted by molar-refractivity contribution is -0.132. The number of nitrogens with one attached hydrogen (secondary N) is 4. The van der Waals surface area contributed by atoms with Gasteiger partial charge in [-0.2, -0.15) is 0 Å². The van der Waals surface area contributed by atoms with Gasteiger partial charge >= 0.3 is 0 Å². The highest BCUT2D eigenvalue weighted by atomic mass is 16.3. The number of aromatic hydroxyl groups is 1. The number of phenolic OH excluding ortho intramolecular Hbond substituents is 1. The van der Waals surface area contributed by atoms with Crippen molar-refractivity contribution < 1.29 is 14.7 Å². The fraction of sp³-hybridized carbons (Fsp3) is 0.324. The zero-order chi connectivity index (χ0) is 35.9. The van der Waals surface area contributed by atoms with Crippen molar-refractivity contribution in [2.45, 2.75) is 26.7 Å². The van der Waals surface area contributed by atoms with Crippen molar-refractivity contribution >= 4 is 52.5 Å². The summed E-state index contributed by atoms with van der Waals surface area (Å²) in [6.45, 7) is 6.27. The lowest BCUT2D eigenvalue weighted by Gasteiger charge is -2.29. The second kappa shape index (κ2) is 15.7. The Labute approximate surface area is 292 Å². The molecule has 3 heterocycles. The molecular formula is C37H44N10O3. The van der Waals surface area contributed by atoms with Gasteiger partial charge in [0.1, 0.15) is 17.3 Å². The number of carbonyl (C=O) groups excluding carboxylic acids is 2. The first-order chi connectivity index (χ1) is 24.0. The molecule has 0 spiro atoms. The molecule has 2 amide bonds. The van der Waals surface area contributed by atoms with Crippen LogP contribution in [0.4, 0.5) is 11.5 Å². The van der Waals surface area contributed by atoms with Gasteiger partial charge in [0.2, 0.25) is 11.8 Å². The Morgan fingerprint density at radius 2 is 1.84 bits per heavy atom. The fourth-order valence-corrected chi connectivity index (χ4v) is 6.26. The van der Waals surface area contributed by atoms with Crippen molar-refractivity contribution in [1.29, 1.82) is 16.2 Å². The summed E-state index contributed by atoms with van der Waals surface area (Å²) < 4.78 is 0. The van der Waals surface area contributed by atoms with Crippen LogP contribution in [-0.2, 0) is 9.59 Å². The maximum absolute atomic E-state index is 13.8. The summed E-state index contributed by atoms with van der Waals surface area (Å²) in [5.74, 6) is 0.155. The number of aromatic nitrogens is 1. The number of nitrogen functional groups attached to an aromatic ring is 1. The molecule has 7 N–H and O–H groups in total. The number of benzene rings is 2. The number of likely N-dealkylation sites (tertiary alicyclic amines) is 1. The molecule has 2 aromatic carbocycles. The Morgan fingerprint density at radius 3 is 2.50 bits per heavy atom. The van der Waals surface area contributed by atoms with Crippen LogP contribution in [0.2, 0.25) is 0 Å². The number of nitrogens with zero attached hydrogens (tertiary/aromatic N) is 5. The highest BCUT2D eigenvalue weighted by Crippen LogP contribution is 2.27. The van der Waals surface area contributed by atoms with Gasteiger partial charge in [-0.25, -0.2) is 9.98 Å². The molecule has 1 atom stereocenters. The normalized spacial score (nSPS) is 16.3. The zero-order valence-electron chi connectivity index (χ0n) is 28.7. The Bertz CT molecular complexity index is 1870. The summed E-state index contributed by atoms with van der Waals surface area (Å²) >= 11 is 0. The zero-order valence-corrected chi connectivity index (χ0v) is 28.7. The third-order valence-electron chi connectivity index (χ3n) is 9.09. The van der Waals surface area contributed by atoms with Crippen LogP contribution >= 0.6 is 0 Å². The summed E-state index contributed by atoms with van der Waals surface area (Å²) in [6.07, 6.45) is 4.92. The van der Waals surface area contributed by atoms with Crippen LogP contribution in [0.25, 0.3) is 5.57 Å². The Morgan fingerprint density at radius 1 is 1.10 bits per heavy atom. The number of carbonyl (C=O) groups is 2. The summed E-state index contributed by atoms with van der Waals surface area (Å²) in [4.78, 5) is 41.2. The lowest BCUT2D eigenvalue weighted by Crippen LogP contribution is -2.42. The number of amides is 2. The second-order valence-electron chi connectivity index (χ2n) is 12.4. The van der Waals surface area contributed by atoms with E-state index in [1.54, 1.807) is 43.1 Å². The molecule has 1 fully saturated rings. The number of rotatable bonds is 11. The van der Waals surface area contributed by atoms with Gasteiger partial charge in [0.25, 0.3) is 0 Å². The molecule has 50 heavy (non-hydrogen) atoms. The summed E-state index contributed by atoms with van der Waals surface area (Å²) in [5, 5.41) is 37.7. The van der Waals surface area contributed by atoms with E-state index in [9.17, 15) is 14.7 Å². The van der Waals surface area contributed by atoms with E-state index in [1.165, 1.54) is 18.0 Å². The first-order valence-corrected chi connectivity index (χ1v) is 16.6. The lowest BCUT2D eigenvalue weighted by atomic mass is 9.98. The number of pyridine rings is 1. The quantitative estimate of drug-likeness (QED) is 0.131. The monoisotopic (exact) mass is 676 g/mol. The first-order valence-electron chi connectivity index (χ1n) is 16.6. The smallest absolute Gasteiger partial charge is 0.237 e. The SMILES string of the molecule is CCN(C(=O)[C@@H]1CCN(CC(=O)N2CC=C(c3ccc(C(=N)/N=C\NC)cc3)CC2)C1)c1ccc(N)c(C(=N)c2ccc(O)c(C(C)=N)c2)n1. The number of phenols is 1. The predicted molar refractivity (Wildman–Crippen MR) is 198 cm³/mol. The van der Waals surface area contributed by atoms with E-state index in [2.05, 4.69) is 21.4 Å². The number of anilines is 2. The molecular weight excluding hydrogens is 632 g/mol. The van der Waals surface area contributed by atoms with Gasteiger partial charge in [-0.1, -0.05) is 30.3 Å². The molecule has 3 aromatic rings. The van der Waals surface area contributed by atoms with E-state index in [1.807, 2.05) is 41.0 Å². The van der Waals surface area contributed by atoms with E-state index in [0.29, 0.717) is 56.1 Å². The van der Waals surface area contributed by atoms with Gasteiger partial charge in [-0.15, -0.1) is 0 Å². The second-order valence-corrected chi connectivity index (χ2v) is 12.4. The third-order valence-corrected chi connectivity index (χ3v) is 9.09. The van der Waals surface area contributed by atoms with E-state index in [-0.39, 0.29) is 58.7 Å². The Kier molecular flexibility index (Phi) is 11.2. The van der Waals surface area contributed by atoms with Crippen LogP contribution in [0, 0.1) is 22.1 Å². The fourth-order valence-electron chi connectivity index (χ4n) is 6.26. The first kappa shape index (κ1) is 35.6. The summed E-state index contributed by atoms with van der Waals surface area (Å²) in [5.41, 5.74) is 10.6. The maximum Gasteiger partial charge on any atom is 0.237 e. The molecule has 1 saturated heterocycles. The molecule has 13 nitrogen and oxygen atoms in total. The van der Waals surface area contributed by atoms with Gasteiger partial charge in [0.15, 0.2) is 5.84 Å². The van der Waals surface area contributed by atoms with Crippen LogP contribution < -0.4 is 16.0 Å². The van der Waals surface area contributed by atoms with Gasteiger partial charge in [-0.05, 0) is 74.7 Å². The molecule has 2 aliphatic heterocycles. The van der Waals surface area contributed by atoms with Crippen molar-refractivity contribution in [2.24, 2.45) is 10.9 Å². The van der Waals surface area contributed by atoms with E-state index >= 15 is 0 Å². The van der Waals surface area contributed by atoms with E-state index in [4.69, 9.17) is 22.0 Å². The molecule has 13 heteroatoms. The highest BCUT2D eigenvalue weighted by Gasteiger charge is 2.34. The number of amidine groups is 1. The molecule has 2 aliphatic rings. The average molecular weight is 677 g/mol. The molecule has 0 saturated carbocycles. The molecule has 0 aliphatic carbocycles. The number of aliphatic imine (C=N–C) groups is 1. The van der Waals surface area contributed by atoms with Crippen LogP contribution in [0.5, 0.6) is 5.75 Å². The number of hydrogen-bond acceptors (Lipinski definition) is 9. The number of nitrogens with two attached hydrogens (primary N) is 1. The van der Waals surface area contributed by atoms with Crippen molar-refractivity contribution in [1.82, 2.24) is 20.1 Å². The van der Waals surface area contributed by atoms with Crippen molar-refractivity contribution in [3.8, 4) is 5.75 Å². The van der Waals surface area contributed by atoms with Gasteiger partial charge in [0, 0.05) is 55.6 Å². The van der Waals surface area contributed by atoms with Gasteiger partial charge in [-0.3, -0.25) is 30.2 Å². The van der Waals surface area contributed by atoms with Crippen molar-refractivity contribution in [2.75, 3.05) is 56.9 Å². The molecule has 0 bridgehead atoms. The highest BCUT2D eigenvalue weighted by molar-refractivity contribution is 6.14. The average Bonchev–Trinajstić information content (AvgIpc) is 3.59. The summed E-state index contributed by atoms with van der Waals surface area (Å²) in [6, 6.07) is 15.6. The minimum atomic E-state index is -0.304. The van der Waals surface area contributed by atoms with Gasteiger partial charge < -0.3 is 26.5 Å². The van der Waals surface area contributed by atoms with E-state index in [0.717, 1.165) is 17.5 Å². The molecule has 1 aromatic heterocycles. The third kappa shape index (κ3) is 7.95. The molecule has 0 unspecified atom stereocenters. The predicted octanol–water partition coefficient (Wildman–Crippen LogP) is 3.74. The van der Waals surface area contributed by atoms with Crippen LogP contribution in [-0.4, -0.2) is 102 Å². The van der Waals surface area contributed by atoms with E-state index < -0.39 is 0 Å².